The quantitative estimate of drug-likeness (QED) is 0.783. The highest BCUT2D eigenvalue weighted by Gasteiger charge is 2.32. The Balaban J connectivity index is 1.69. The van der Waals surface area contributed by atoms with E-state index in [1.54, 1.807) is 14.2 Å². The zero-order valence-corrected chi connectivity index (χ0v) is 16.4. The fourth-order valence-electron chi connectivity index (χ4n) is 4.19. The van der Waals surface area contributed by atoms with Crippen LogP contribution in [-0.2, 0) is 11.2 Å². The summed E-state index contributed by atoms with van der Waals surface area (Å²) in [5, 5.41) is 2.17. The summed E-state index contributed by atoms with van der Waals surface area (Å²) >= 11 is 1.83. The molecule has 2 atom stereocenters. The minimum Gasteiger partial charge on any atom is -0.493 e. The molecule has 2 unspecified atom stereocenters. The first-order valence-electron chi connectivity index (χ1n) is 9.44. The van der Waals surface area contributed by atoms with Crippen LogP contribution in [0.1, 0.15) is 41.3 Å². The largest absolute Gasteiger partial charge is 0.493 e. The highest BCUT2D eigenvalue weighted by Crippen LogP contribution is 2.42. The number of nitrogens with zero attached hydrogens (tertiary/aromatic N) is 1. The van der Waals surface area contributed by atoms with E-state index in [4.69, 9.17) is 14.2 Å². The highest BCUT2D eigenvalue weighted by atomic mass is 32.1. The molecule has 1 aromatic heterocycles. The molecule has 2 aromatic rings. The van der Waals surface area contributed by atoms with Gasteiger partial charge in [-0.05, 0) is 60.4 Å². The van der Waals surface area contributed by atoms with Crippen molar-refractivity contribution in [2.75, 3.05) is 33.9 Å². The first-order valence-corrected chi connectivity index (χ1v) is 10.3. The molecule has 2 aliphatic heterocycles. The van der Waals surface area contributed by atoms with Gasteiger partial charge in [-0.25, -0.2) is 0 Å². The van der Waals surface area contributed by atoms with Crippen LogP contribution in [-0.4, -0.2) is 44.9 Å². The van der Waals surface area contributed by atoms with Gasteiger partial charge in [-0.15, -0.1) is 11.3 Å². The lowest BCUT2D eigenvalue weighted by atomic mass is 9.90. The molecule has 2 aliphatic rings. The van der Waals surface area contributed by atoms with Crippen LogP contribution in [0.3, 0.4) is 0 Å². The van der Waals surface area contributed by atoms with Crippen molar-refractivity contribution in [3.63, 3.8) is 0 Å². The average Bonchev–Trinajstić information content (AvgIpc) is 3.21. The second-order valence-corrected chi connectivity index (χ2v) is 8.04. The number of benzene rings is 1. The first kappa shape index (κ1) is 17.8. The Labute approximate surface area is 159 Å². The van der Waals surface area contributed by atoms with Crippen LogP contribution < -0.4 is 9.47 Å². The minimum atomic E-state index is 0.268. The maximum atomic E-state index is 6.03. The summed E-state index contributed by atoms with van der Waals surface area (Å²) in [4.78, 5) is 3.98. The van der Waals surface area contributed by atoms with Crippen molar-refractivity contribution in [3.8, 4) is 11.5 Å². The van der Waals surface area contributed by atoms with Gasteiger partial charge in [0.15, 0.2) is 11.5 Å². The van der Waals surface area contributed by atoms with Crippen LogP contribution in [0.5, 0.6) is 11.5 Å². The van der Waals surface area contributed by atoms with Gasteiger partial charge >= 0.3 is 0 Å². The van der Waals surface area contributed by atoms with Crippen molar-refractivity contribution in [3.05, 3.63) is 45.6 Å². The number of methoxy groups -OCH3 is 2. The smallest absolute Gasteiger partial charge is 0.161 e. The van der Waals surface area contributed by atoms with Crippen molar-refractivity contribution in [1.82, 2.24) is 4.90 Å². The van der Waals surface area contributed by atoms with Crippen LogP contribution in [0.2, 0.25) is 0 Å². The van der Waals surface area contributed by atoms with E-state index in [1.165, 1.54) is 35.3 Å². The second kappa shape index (κ2) is 7.99. The molecule has 140 valence electrons. The van der Waals surface area contributed by atoms with Gasteiger partial charge in [0.25, 0.3) is 0 Å². The van der Waals surface area contributed by atoms with Crippen LogP contribution in [0.25, 0.3) is 0 Å². The number of hydrogen-bond acceptors (Lipinski definition) is 5. The third-order valence-electron chi connectivity index (χ3n) is 5.50. The van der Waals surface area contributed by atoms with E-state index in [0.29, 0.717) is 6.10 Å². The fourth-order valence-corrected chi connectivity index (χ4v) is 5.06. The summed E-state index contributed by atoms with van der Waals surface area (Å²) in [6.07, 6.45) is 5.04. The Kier molecular flexibility index (Phi) is 5.48. The van der Waals surface area contributed by atoms with Gasteiger partial charge in [0.05, 0.1) is 26.4 Å². The lowest BCUT2D eigenvalue weighted by Gasteiger charge is -2.39. The SMILES string of the molecule is COc1cc2c(cc1OC)C(c1cccs1)N(CC1CCCCO1)CC2. The number of ether oxygens (including phenoxy) is 3. The lowest BCUT2D eigenvalue weighted by molar-refractivity contribution is -0.0120. The topological polar surface area (TPSA) is 30.9 Å². The van der Waals surface area contributed by atoms with Gasteiger partial charge in [0, 0.05) is 24.6 Å². The summed E-state index contributed by atoms with van der Waals surface area (Å²) in [6, 6.07) is 8.99. The van der Waals surface area contributed by atoms with Crippen LogP contribution in [0, 0.1) is 0 Å². The van der Waals surface area contributed by atoms with Crippen molar-refractivity contribution < 1.29 is 14.2 Å². The molecule has 3 heterocycles. The molecular weight excluding hydrogens is 346 g/mol. The molecule has 0 N–H and O–H groups in total. The molecule has 26 heavy (non-hydrogen) atoms. The molecule has 5 heteroatoms. The first-order chi connectivity index (χ1) is 12.8. The third kappa shape index (κ3) is 3.48. The normalized spacial score (nSPS) is 23.5. The summed E-state index contributed by atoms with van der Waals surface area (Å²) in [5.74, 6) is 1.63. The number of fused-ring (bicyclic) bond motifs is 1. The van der Waals surface area contributed by atoms with Gasteiger partial charge in [0.2, 0.25) is 0 Å². The second-order valence-electron chi connectivity index (χ2n) is 7.06. The predicted octanol–water partition coefficient (Wildman–Crippen LogP) is 4.28. The molecule has 1 fully saturated rings. The molecule has 0 aliphatic carbocycles. The Bertz CT molecular complexity index is 725. The summed E-state index contributed by atoms with van der Waals surface area (Å²) in [6.45, 7) is 2.95. The van der Waals surface area contributed by atoms with Gasteiger partial charge < -0.3 is 14.2 Å². The number of thiophene rings is 1. The zero-order valence-electron chi connectivity index (χ0n) is 15.6. The molecule has 1 aromatic carbocycles. The molecule has 4 nitrogen and oxygen atoms in total. The van der Waals surface area contributed by atoms with Gasteiger partial charge in [-0.3, -0.25) is 4.90 Å². The summed E-state index contributed by atoms with van der Waals surface area (Å²) in [7, 11) is 3.41. The molecule has 0 amide bonds. The molecule has 0 bridgehead atoms. The number of rotatable bonds is 5. The van der Waals surface area contributed by atoms with E-state index in [1.807, 2.05) is 11.3 Å². The van der Waals surface area contributed by atoms with Crippen molar-refractivity contribution in [2.24, 2.45) is 0 Å². The molecule has 4 rings (SSSR count). The standard InChI is InChI=1S/C21H27NO3S/c1-23-18-12-15-8-9-22(14-16-6-3-4-10-25-16)21(20-7-5-11-26-20)17(15)13-19(18)24-2/h5,7,11-13,16,21H,3-4,6,8-10,14H2,1-2H3. The molecule has 0 saturated carbocycles. The van der Waals surface area contributed by atoms with Gasteiger partial charge in [-0.2, -0.15) is 0 Å². The van der Waals surface area contributed by atoms with E-state index < -0.39 is 0 Å². The monoisotopic (exact) mass is 373 g/mol. The van der Waals surface area contributed by atoms with Crippen molar-refractivity contribution in [1.29, 1.82) is 0 Å². The van der Waals surface area contributed by atoms with E-state index >= 15 is 0 Å². The Morgan fingerprint density at radius 3 is 2.73 bits per heavy atom. The van der Waals surface area contributed by atoms with Crippen molar-refractivity contribution in [2.45, 2.75) is 37.8 Å². The summed E-state index contributed by atoms with van der Waals surface area (Å²) in [5.41, 5.74) is 2.70. The molecule has 1 saturated heterocycles. The molecular formula is C21H27NO3S. The maximum Gasteiger partial charge on any atom is 0.161 e. The van der Waals surface area contributed by atoms with Gasteiger partial charge in [-0.1, -0.05) is 6.07 Å². The van der Waals surface area contributed by atoms with Gasteiger partial charge in [0.1, 0.15) is 0 Å². The third-order valence-corrected chi connectivity index (χ3v) is 6.42. The number of hydrogen-bond donors (Lipinski definition) is 0. The van der Waals surface area contributed by atoms with E-state index in [-0.39, 0.29) is 6.04 Å². The van der Waals surface area contributed by atoms with E-state index in [0.717, 1.165) is 37.6 Å². The Morgan fingerprint density at radius 1 is 1.19 bits per heavy atom. The average molecular weight is 374 g/mol. The minimum absolute atomic E-state index is 0.268. The lowest BCUT2D eigenvalue weighted by Crippen LogP contribution is -2.42. The van der Waals surface area contributed by atoms with Crippen LogP contribution >= 0.6 is 11.3 Å². The zero-order chi connectivity index (χ0) is 17.9. The van der Waals surface area contributed by atoms with Crippen LogP contribution in [0.15, 0.2) is 29.6 Å². The summed E-state index contributed by atoms with van der Waals surface area (Å²) < 4.78 is 17.1. The maximum absolute atomic E-state index is 6.03. The Hall–Kier alpha value is -1.56. The van der Waals surface area contributed by atoms with Crippen LogP contribution in [0.4, 0.5) is 0 Å². The predicted molar refractivity (Wildman–Crippen MR) is 105 cm³/mol. The van der Waals surface area contributed by atoms with E-state index in [9.17, 15) is 0 Å². The van der Waals surface area contributed by atoms with Crippen molar-refractivity contribution >= 4 is 11.3 Å². The molecule has 0 radical (unpaired) electrons. The highest BCUT2D eigenvalue weighted by molar-refractivity contribution is 7.10. The van der Waals surface area contributed by atoms with E-state index in [2.05, 4.69) is 34.5 Å². The molecule has 0 spiro atoms. The Morgan fingerprint density at radius 2 is 2.04 bits per heavy atom. The fraction of sp³-hybridized carbons (Fsp3) is 0.524.